The number of hydrogen-bond donors (Lipinski definition) is 2. The van der Waals surface area contributed by atoms with Gasteiger partial charge in [0.05, 0.1) is 5.56 Å². The Morgan fingerprint density at radius 2 is 2.21 bits per heavy atom. The number of carboxylic acid groups (broad SMARTS) is 1. The molecule has 1 aromatic rings. The first-order valence-corrected chi connectivity index (χ1v) is 5.52. The number of hydrogen-bond acceptors (Lipinski definition) is 4. The smallest absolute Gasteiger partial charge is 0.417 e. The summed E-state index contributed by atoms with van der Waals surface area (Å²) in [4.78, 5) is 14.3. The second kappa shape index (κ2) is 5.04. The molecule has 104 valence electrons. The molecule has 2 N–H and O–H groups in total. The molecule has 0 aliphatic carbocycles. The van der Waals surface area contributed by atoms with Crippen LogP contribution in [0.15, 0.2) is 18.3 Å². The molecule has 2 atom stereocenters. The summed E-state index contributed by atoms with van der Waals surface area (Å²) < 4.78 is 42.2. The zero-order valence-corrected chi connectivity index (χ0v) is 9.65. The fourth-order valence-corrected chi connectivity index (χ4v) is 1.77. The summed E-state index contributed by atoms with van der Waals surface area (Å²) in [5.74, 6) is -0.933. The largest absolute Gasteiger partial charge is 0.480 e. The fourth-order valence-electron chi connectivity index (χ4n) is 1.77. The molecule has 2 unspecified atom stereocenters. The van der Waals surface area contributed by atoms with E-state index >= 15 is 0 Å². The Kier molecular flexibility index (Phi) is 3.61. The van der Waals surface area contributed by atoms with E-state index in [-0.39, 0.29) is 12.3 Å². The summed E-state index contributed by atoms with van der Waals surface area (Å²) in [7, 11) is 0. The van der Waals surface area contributed by atoms with Crippen LogP contribution >= 0.6 is 0 Å². The summed E-state index contributed by atoms with van der Waals surface area (Å²) in [5, 5.41) is 11.5. The molecule has 0 saturated carbocycles. The van der Waals surface area contributed by atoms with Crippen LogP contribution < -0.4 is 10.1 Å². The van der Waals surface area contributed by atoms with Crippen molar-refractivity contribution < 1.29 is 27.8 Å². The van der Waals surface area contributed by atoms with Gasteiger partial charge in [-0.05, 0) is 6.07 Å². The SMILES string of the molecule is O=C(O)C1CC(Oc2ccc(C(F)(F)F)cn2)CN1. The van der Waals surface area contributed by atoms with E-state index in [0.29, 0.717) is 12.7 Å². The number of nitrogens with zero attached hydrogens (tertiary/aromatic N) is 1. The van der Waals surface area contributed by atoms with Crippen LogP contribution in [0.3, 0.4) is 0 Å². The van der Waals surface area contributed by atoms with E-state index < -0.39 is 29.9 Å². The van der Waals surface area contributed by atoms with Gasteiger partial charge in [-0.25, -0.2) is 4.98 Å². The molecule has 1 fully saturated rings. The molecule has 2 heterocycles. The number of pyridine rings is 1. The maximum Gasteiger partial charge on any atom is 0.417 e. The molecule has 0 amide bonds. The molecule has 1 aliphatic heterocycles. The highest BCUT2D eigenvalue weighted by Crippen LogP contribution is 2.29. The number of carbonyl (C=O) groups is 1. The van der Waals surface area contributed by atoms with Crippen LogP contribution in [0.4, 0.5) is 13.2 Å². The molecule has 0 spiro atoms. The van der Waals surface area contributed by atoms with Crippen molar-refractivity contribution in [1.82, 2.24) is 10.3 Å². The second-order valence-corrected chi connectivity index (χ2v) is 4.16. The molecule has 19 heavy (non-hydrogen) atoms. The van der Waals surface area contributed by atoms with Crippen LogP contribution in [0, 0.1) is 0 Å². The first-order chi connectivity index (χ1) is 8.86. The number of ether oxygens (including phenoxy) is 1. The topological polar surface area (TPSA) is 71.5 Å². The van der Waals surface area contributed by atoms with E-state index in [0.717, 1.165) is 12.1 Å². The van der Waals surface area contributed by atoms with E-state index in [4.69, 9.17) is 9.84 Å². The summed E-state index contributed by atoms with van der Waals surface area (Å²) >= 11 is 0. The third kappa shape index (κ3) is 3.34. The van der Waals surface area contributed by atoms with Crippen molar-refractivity contribution >= 4 is 5.97 Å². The lowest BCUT2D eigenvalue weighted by Crippen LogP contribution is -2.30. The summed E-state index contributed by atoms with van der Waals surface area (Å²) in [6.45, 7) is 0.319. The lowest BCUT2D eigenvalue weighted by molar-refractivity contribution is -0.139. The molecular weight excluding hydrogens is 265 g/mol. The van der Waals surface area contributed by atoms with Gasteiger partial charge in [-0.1, -0.05) is 0 Å². The molecule has 8 heteroatoms. The number of halogens is 3. The number of nitrogens with one attached hydrogen (secondary N) is 1. The van der Waals surface area contributed by atoms with Crippen LogP contribution in [0.25, 0.3) is 0 Å². The monoisotopic (exact) mass is 276 g/mol. The first-order valence-electron chi connectivity index (χ1n) is 5.52. The summed E-state index contributed by atoms with van der Waals surface area (Å²) in [6.07, 6.45) is -3.91. The van der Waals surface area contributed by atoms with Gasteiger partial charge in [0.25, 0.3) is 0 Å². The van der Waals surface area contributed by atoms with E-state index in [1.807, 2.05) is 0 Å². The minimum absolute atomic E-state index is 0.0471. The van der Waals surface area contributed by atoms with E-state index in [1.165, 1.54) is 0 Å². The van der Waals surface area contributed by atoms with E-state index in [2.05, 4.69) is 10.3 Å². The third-order valence-electron chi connectivity index (χ3n) is 2.74. The molecule has 1 aromatic heterocycles. The summed E-state index contributed by atoms with van der Waals surface area (Å²) in [6, 6.07) is 1.30. The van der Waals surface area contributed by atoms with Crippen LogP contribution in [-0.2, 0) is 11.0 Å². The minimum atomic E-state index is -4.44. The van der Waals surface area contributed by atoms with Crippen LogP contribution in [0.1, 0.15) is 12.0 Å². The van der Waals surface area contributed by atoms with Crippen LogP contribution in [0.5, 0.6) is 5.88 Å². The van der Waals surface area contributed by atoms with Crippen LogP contribution in [-0.4, -0.2) is 34.8 Å². The van der Waals surface area contributed by atoms with Gasteiger partial charge in [0, 0.05) is 25.2 Å². The quantitative estimate of drug-likeness (QED) is 0.870. The maximum atomic E-state index is 12.3. The van der Waals surface area contributed by atoms with Gasteiger partial charge in [-0.3, -0.25) is 4.79 Å². The number of alkyl halides is 3. The Hall–Kier alpha value is -1.83. The maximum absolute atomic E-state index is 12.3. The molecule has 0 aromatic carbocycles. The molecule has 1 saturated heterocycles. The van der Waals surface area contributed by atoms with Gasteiger partial charge in [0.15, 0.2) is 0 Å². The van der Waals surface area contributed by atoms with Crippen molar-refractivity contribution in [3.8, 4) is 5.88 Å². The first kappa shape index (κ1) is 13.6. The lowest BCUT2D eigenvalue weighted by Gasteiger charge is -2.12. The second-order valence-electron chi connectivity index (χ2n) is 4.16. The van der Waals surface area contributed by atoms with Crippen molar-refractivity contribution in [3.05, 3.63) is 23.9 Å². The van der Waals surface area contributed by atoms with Gasteiger partial charge >= 0.3 is 12.1 Å². The van der Waals surface area contributed by atoms with Crippen molar-refractivity contribution in [3.63, 3.8) is 0 Å². The molecule has 0 radical (unpaired) electrons. The van der Waals surface area contributed by atoms with E-state index in [1.54, 1.807) is 0 Å². The van der Waals surface area contributed by atoms with Gasteiger partial charge in [0.2, 0.25) is 5.88 Å². The predicted molar refractivity (Wildman–Crippen MR) is 57.7 cm³/mol. The zero-order valence-electron chi connectivity index (χ0n) is 9.65. The predicted octanol–water partition coefficient (Wildman–Crippen LogP) is 1.29. The van der Waals surface area contributed by atoms with Crippen LogP contribution in [0.2, 0.25) is 0 Å². The number of carboxylic acids is 1. The molecule has 2 rings (SSSR count). The van der Waals surface area contributed by atoms with E-state index in [9.17, 15) is 18.0 Å². The lowest BCUT2D eigenvalue weighted by atomic mass is 10.2. The fraction of sp³-hybridized carbons (Fsp3) is 0.455. The molecule has 5 nitrogen and oxygen atoms in total. The van der Waals surface area contributed by atoms with Gasteiger partial charge in [0.1, 0.15) is 12.1 Å². The standard InChI is InChI=1S/C11H11F3N2O3/c12-11(13,14)6-1-2-9(16-4-6)19-7-3-8(10(17)18)15-5-7/h1-2,4,7-8,15H,3,5H2,(H,17,18). The Bertz CT molecular complexity index is 461. The Morgan fingerprint density at radius 1 is 1.47 bits per heavy atom. The zero-order chi connectivity index (χ0) is 14.0. The molecular formula is C11H11F3N2O3. The number of rotatable bonds is 3. The average Bonchev–Trinajstić information content (AvgIpc) is 2.77. The highest BCUT2D eigenvalue weighted by Gasteiger charge is 2.32. The Morgan fingerprint density at radius 3 is 2.68 bits per heavy atom. The highest BCUT2D eigenvalue weighted by molar-refractivity contribution is 5.73. The van der Waals surface area contributed by atoms with Gasteiger partial charge in [-0.2, -0.15) is 13.2 Å². The third-order valence-corrected chi connectivity index (χ3v) is 2.74. The normalized spacial score (nSPS) is 23.3. The van der Waals surface area contributed by atoms with Gasteiger partial charge < -0.3 is 15.2 Å². The number of aromatic nitrogens is 1. The Labute approximate surface area is 106 Å². The van der Waals surface area contributed by atoms with Gasteiger partial charge in [-0.15, -0.1) is 0 Å². The Balaban J connectivity index is 1.96. The average molecular weight is 276 g/mol. The molecule has 0 bridgehead atoms. The van der Waals surface area contributed by atoms with Crippen molar-refractivity contribution in [2.75, 3.05) is 6.54 Å². The van der Waals surface area contributed by atoms with Crippen molar-refractivity contribution in [2.24, 2.45) is 0 Å². The minimum Gasteiger partial charge on any atom is -0.480 e. The van der Waals surface area contributed by atoms with Crippen molar-refractivity contribution in [2.45, 2.75) is 24.7 Å². The molecule has 1 aliphatic rings. The highest BCUT2D eigenvalue weighted by atomic mass is 19.4. The summed E-state index contributed by atoms with van der Waals surface area (Å²) in [5.41, 5.74) is -0.854. The van der Waals surface area contributed by atoms with Crippen molar-refractivity contribution in [1.29, 1.82) is 0 Å². The number of aliphatic carboxylic acids is 1.